The fourth-order valence-electron chi connectivity index (χ4n) is 2.95. The Morgan fingerprint density at radius 1 is 1.29 bits per heavy atom. The summed E-state index contributed by atoms with van der Waals surface area (Å²) in [6.45, 7) is 9.27. The molecular formula is C12H24N2. The number of hydrogen-bond acceptors (Lipinski definition) is 2. The van der Waals surface area contributed by atoms with Crippen LogP contribution < -0.4 is 5.43 Å². The second-order valence-electron chi connectivity index (χ2n) is 5.43. The lowest BCUT2D eigenvalue weighted by Gasteiger charge is -2.56. The minimum Gasteiger partial charge on any atom is -0.251 e. The van der Waals surface area contributed by atoms with E-state index in [9.17, 15) is 0 Å². The van der Waals surface area contributed by atoms with E-state index in [1.165, 1.54) is 19.3 Å². The number of fused-ring (bicyclic) bond motifs is 2. The highest BCUT2D eigenvalue weighted by atomic mass is 15.6. The summed E-state index contributed by atoms with van der Waals surface area (Å²) < 4.78 is 0. The molecule has 0 spiro atoms. The number of rotatable bonds is 3. The molecule has 2 bridgehead atoms. The van der Waals surface area contributed by atoms with Gasteiger partial charge in [0.1, 0.15) is 0 Å². The first-order valence-electron chi connectivity index (χ1n) is 6.18. The molecule has 0 radical (unpaired) electrons. The Balaban J connectivity index is 2.00. The van der Waals surface area contributed by atoms with Gasteiger partial charge in [0.05, 0.1) is 0 Å². The first kappa shape index (κ1) is 10.4. The van der Waals surface area contributed by atoms with E-state index in [2.05, 4.69) is 38.1 Å². The number of hydrazine groups is 1. The predicted octanol–water partition coefficient (Wildman–Crippen LogP) is 2.41. The molecule has 82 valence electrons. The summed E-state index contributed by atoms with van der Waals surface area (Å²) >= 11 is 0. The van der Waals surface area contributed by atoms with Crippen LogP contribution in [0.25, 0.3) is 0 Å². The molecule has 0 aromatic rings. The predicted molar refractivity (Wildman–Crippen MR) is 59.9 cm³/mol. The maximum Gasteiger partial charge on any atom is 0.0270 e. The average Bonchev–Trinajstić information content (AvgIpc) is 2.14. The molecule has 3 aliphatic rings. The average molecular weight is 196 g/mol. The van der Waals surface area contributed by atoms with Crippen LogP contribution in [-0.4, -0.2) is 23.1 Å². The van der Waals surface area contributed by atoms with E-state index >= 15 is 0 Å². The molecule has 2 heteroatoms. The largest absolute Gasteiger partial charge is 0.251 e. The second-order valence-corrected chi connectivity index (χ2v) is 5.43. The minimum absolute atomic E-state index is 0.646. The van der Waals surface area contributed by atoms with Gasteiger partial charge in [0.15, 0.2) is 0 Å². The van der Waals surface area contributed by atoms with E-state index in [0.29, 0.717) is 6.04 Å². The summed E-state index contributed by atoms with van der Waals surface area (Å²) in [6, 6.07) is 2.22. The third-order valence-electron chi connectivity index (χ3n) is 4.16. The third-order valence-corrected chi connectivity index (χ3v) is 4.16. The topological polar surface area (TPSA) is 15.3 Å². The van der Waals surface area contributed by atoms with Crippen molar-refractivity contribution in [2.75, 3.05) is 0 Å². The Labute approximate surface area is 88.0 Å². The van der Waals surface area contributed by atoms with Crippen molar-refractivity contribution in [2.45, 2.75) is 65.1 Å². The molecule has 2 aliphatic heterocycles. The van der Waals surface area contributed by atoms with E-state index < -0.39 is 0 Å². The van der Waals surface area contributed by atoms with Crippen molar-refractivity contribution in [3.63, 3.8) is 0 Å². The lowest BCUT2D eigenvalue weighted by molar-refractivity contribution is -0.0959. The van der Waals surface area contributed by atoms with Crippen LogP contribution in [0.3, 0.4) is 0 Å². The molecule has 0 aromatic heterocycles. The van der Waals surface area contributed by atoms with Gasteiger partial charge < -0.3 is 0 Å². The monoisotopic (exact) mass is 196 g/mol. The smallest absolute Gasteiger partial charge is 0.0270 e. The van der Waals surface area contributed by atoms with Gasteiger partial charge in [0, 0.05) is 18.1 Å². The maximum absolute atomic E-state index is 3.74. The standard InChI is InChI=1S/C12H24N2/c1-5-9(4)12-10-6-11(7-10)14(13-12)8(2)3/h8-13H,5-7H2,1-4H3. The lowest BCUT2D eigenvalue weighted by Crippen LogP contribution is -2.68. The van der Waals surface area contributed by atoms with Crippen molar-refractivity contribution in [1.82, 2.24) is 10.4 Å². The Hall–Kier alpha value is -0.0800. The van der Waals surface area contributed by atoms with Gasteiger partial charge in [-0.2, -0.15) is 0 Å². The van der Waals surface area contributed by atoms with Crippen LogP contribution in [0.15, 0.2) is 0 Å². The van der Waals surface area contributed by atoms with Gasteiger partial charge in [-0.15, -0.1) is 0 Å². The molecule has 2 atom stereocenters. The molecule has 2 unspecified atom stereocenters. The first-order valence-corrected chi connectivity index (χ1v) is 6.18. The van der Waals surface area contributed by atoms with Gasteiger partial charge in [-0.25, -0.2) is 5.01 Å². The summed E-state index contributed by atoms with van der Waals surface area (Å²) in [7, 11) is 0. The van der Waals surface area contributed by atoms with Crippen molar-refractivity contribution in [1.29, 1.82) is 0 Å². The van der Waals surface area contributed by atoms with Gasteiger partial charge in [0.25, 0.3) is 0 Å². The minimum atomic E-state index is 0.646. The Kier molecular flexibility index (Phi) is 2.85. The molecular weight excluding hydrogens is 172 g/mol. The summed E-state index contributed by atoms with van der Waals surface area (Å²) in [6.07, 6.45) is 4.16. The van der Waals surface area contributed by atoms with Gasteiger partial charge in [0.2, 0.25) is 0 Å². The molecule has 1 saturated carbocycles. The second kappa shape index (κ2) is 3.82. The van der Waals surface area contributed by atoms with Crippen LogP contribution in [0.5, 0.6) is 0 Å². The van der Waals surface area contributed by atoms with E-state index in [1.807, 2.05) is 0 Å². The number of hydrogen-bond donors (Lipinski definition) is 1. The van der Waals surface area contributed by atoms with Crippen LogP contribution in [0.2, 0.25) is 0 Å². The van der Waals surface area contributed by atoms with Crippen molar-refractivity contribution in [2.24, 2.45) is 11.8 Å². The van der Waals surface area contributed by atoms with Gasteiger partial charge in [-0.05, 0) is 38.5 Å². The molecule has 1 aliphatic carbocycles. The van der Waals surface area contributed by atoms with Crippen LogP contribution in [0.4, 0.5) is 0 Å². The number of nitrogens with one attached hydrogen (secondary N) is 1. The Morgan fingerprint density at radius 3 is 2.43 bits per heavy atom. The molecule has 3 fully saturated rings. The van der Waals surface area contributed by atoms with Crippen LogP contribution >= 0.6 is 0 Å². The lowest BCUT2D eigenvalue weighted by atomic mass is 9.69. The molecule has 14 heavy (non-hydrogen) atoms. The van der Waals surface area contributed by atoms with Crippen molar-refractivity contribution in [3.8, 4) is 0 Å². The molecule has 2 saturated heterocycles. The van der Waals surface area contributed by atoms with Crippen LogP contribution in [0, 0.1) is 11.8 Å². The zero-order valence-corrected chi connectivity index (χ0v) is 9.96. The van der Waals surface area contributed by atoms with Crippen LogP contribution in [-0.2, 0) is 0 Å². The summed E-state index contributed by atoms with van der Waals surface area (Å²) in [5, 5.41) is 2.50. The fraction of sp³-hybridized carbons (Fsp3) is 1.00. The summed E-state index contributed by atoms with van der Waals surface area (Å²) in [5.74, 6) is 1.78. The SMILES string of the molecule is CCC(C)C1NN(C(C)C)C2CC1C2. The van der Waals surface area contributed by atoms with E-state index in [-0.39, 0.29) is 0 Å². The quantitative estimate of drug-likeness (QED) is 0.745. The van der Waals surface area contributed by atoms with Crippen molar-refractivity contribution < 1.29 is 0 Å². The Morgan fingerprint density at radius 2 is 1.93 bits per heavy atom. The third kappa shape index (κ3) is 1.59. The summed E-state index contributed by atoms with van der Waals surface area (Å²) in [5.41, 5.74) is 3.74. The highest BCUT2D eigenvalue weighted by molar-refractivity contribution is 4.99. The van der Waals surface area contributed by atoms with E-state index in [1.54, 1.807) is 0 Å². The Bertz CT molecular complexity index is 194. The van der Waals surface area contributed by atoms with Gasteiger partial charge in [-0.1, -0.05) is 20.3 Å². The highest BCUT2D eigenvalue weighted by Gasteiger charge is 2.46. The molecule has 0 aromatic carbocycles. The molecule has 0 amide bonds. The van der Waals surface area contributed by atoms with Crippen molar-refractivity contribution in [3.05, 3.63) is 0 Å². The first-order chi connectivity index (χ1) is 6.63. The molecule has 2 heterocycles. The summed E-state index contributed by atoms with van der Waals surface area (Å²) in [4.78, 5) is 0. The maximum atomic E-state index is 3.74. The van der Waals surface area contributed by atoms with Gasteiger partial charge in [-0.3, -0.25) is 5.43 Å². The molecule has 1 N–H and O–H groups in total. The van der Waals surface area contributed by atoms with Gasteiger partial charge >= 0.3 is 0 Å². The molecule has 3 rings (SSSR count). The van der Waals surface area contributed by atoms with E-state index in [4.69, 9.17) is 0 Å². The zero-order valence-electron chi connectivity index (χ0n) is 9.96. The highest BCUT2D eigenvalue weighted by Crippen LogP contribution is 2.41. The number of nitrogens with zero attached hydrogens (tertiary/aromatic N) is 1. The fourth-order valence-corrected chi connectivity index (χ4v) is 2.95. The van der Waals surface area contributed by atoms with Crippen LogP contribution in [0.1, 0.15) is 47.0 Å². The van der Waals surface area contributed by atoms with E-state index in [0.717, 1.165) is 23.9 Å². The van der Waals surface area contributed by atoms with Crippen molar-refractivity contribution >= 4 is 0 Å². The normalized spacial score (nSPS) is 39.6. The molecule has 2 nitrogen and oxygen atoms in total. The zero-order chi connectivity index (χ0) is 10.3.